The fraction of sp³-hybridized carbons (Fsp3) is 0.227. The molecule has 3 rings (SSSR count). The number of aliphatic carboxylic acids is 1. The first-order valence-electron chi connectivity index (χ1n) is 9.30. The molecule has 168 valence electrons. The summed E-state index contributed by atoms with van der Waals surface area (Å²) >= 11 is 0. The summed E-state index contributed by atoms with van der Waals surface area (Å²) in [6.07, 6.45) is -5.13. The van der Waals surface area contributed by atoms with Gasteiger partial charge in [-0.1, -0.05) is 12.1 Å². The average Bonchev–Trinajstić information content (AvgIpc) is 3.01. The van der Waals surface area contributed by atoms with Crippen LogP contribution >= 0.6 is 0 Å². The lowest BCUT2D eigenvalue weighted by molar-refractivity contribution is -0.154. The number of rotatable bonds is 6. The molecule has 0 fully saturated rings. The number of hydrogen-bond donors (Lipinski definition) is 1. The highest BCUT2D eigenvalue weighted by Crippen LogP contribution is 2.35. The number of carbonyl (C=O) groups is 3. The van der Waals surface area contributed by atoms with Gasteiger partial charge in [0.25, 0.3) is 5.91 Å². The zero-order valence-corrected chi connectivity index (χ0v) is 17.0. The lowest BCUT2D eigenvalue weighted by Gasteiger charge is -2.14. The largest absolute Gasteiger partial charge is 0.497 e. The van der Waals surface area contributed by atoms with Crippen molar-refractivity contribution in [3.63, 3.8) is 0 Å². The van der Waals surface area contributed by atoms with E-state index in [1.165, 1.54) is 38.3 Å². The Bertz CT molecular complexity index is 1210. The molecular formula is C22H18F3NO6. The van der Waals surface area contributed by atoms with Gasteiger partial charge in [-0.25, -0.2) is 4.79 Å². The second-order valence-corrected chi connectivity index (χ2v) is 6.86. The zero-order chi connectivity index (χ0) is 23.6. The van der Waals surface area contributed by atoms with E-state index >= 15 is 0 Å². The van der Waals surface area contributed by atoms with Gasteiger partial charge >= 0.3 is 18.1 Å². The Morgan fingerprint density at radius 3 is 2.41 bits per heavy atom. The number of carboxylic acids is 1. The number of esters is 1. The minimum atomic E-state index is -4.74. The van der Waals surface area contributed by atoms with E-state index in [1.54, 1.807) is 6.07 Å². The molecule has 1 N–H and O–H groups in total. The molecule has 3 aromatic rings. The van der Waals surface area contributed by atoms with Crippen LogP contribution in [0.25, 0.3) is 10.9 Å². The third-order valence-corrected chi connectivity index (χ3v) is 4.89. The maximum absolute atomic E-state index is 13.5. The second kappa shape index (κ2) is 8.74. The van der Waals surface area contributed by atoms with Gasteiger partial charge in [-0.15, -0.1) is 0 Å². The number of nitrogens with zero attached hydrogens (tertiary/aromatic N) is 1. The molecule has 0 radical (unpaired) electrons. The first-order chi connectivity index (χ1) is 15.0. The van der Waals surface area contributed by atoms with E-state index in [0.717, 1.165) is 16.7 Å². The first kappa shape index (κ1) is 22.9. The van der Waals surface area contributed by atoms with Gasteiger partial charge < -0.3 is 14.6 Å². The van der Waals surface area contributed by atoms with Crippen LogP contribution in [0.15, 0.2) is 42.5 Å². The van der Waals surface area contributed by atoms with E-state index in [1.807, 2.05) is 0 Å². The van der Waals surface area contributed by atoms with Crippen LogP contribution in [-0.2, 0) is 26.9 Å². The topological polar surface area (TPSA) is 94.8 Å². The molecule has 1 aromatic heterocycles. The van der Waals surface area contributed by atoms with E-state index in [9.17, 15) is 27.6 Å². The number of ether oxygens (including phenoxy) is 2. The van der Waals surface area contributed by atoms with Crippen LogP contribution in [0.3, 0.4) is 0 Å². The molecule has 32 heavy (non-hydrogen) atoms. The predicted molar refractivity (Wildman–Crippen MR) is 107 cm³/mol. The molecule has 7 nitrogen and oxygen atoms in total. The molecule has 0 aliphatic carbocycles. The van der Waals surface area contributed by atoms with E-state index in [2.05, 4.69) is 4.74 Å². The normalized spacial score (nSPS) is 11.4. The predicted octanol–water partition coefficient (Wildman–Crippen LogP) is 3.84. The number of halogens is 3. The Morgan fingerprint density at radius 2 is 1.78 bits per heavy atom. The average molecular weight is 449 g/mol. The van der Waals surface area contributed by atoms with Crippen molar-refractivity contribution in [2.75, 3.05) is 13.7 Å². The van der Waals surface area contributed by atoms with Crippen molar-refractivity contribution in [1.29, 1.82) is 0 Å². The zero-order valence-electron chi connectivity index (χ0n) is 17.0. The van der Waals surface area contributed by atoms with Crippen molar-refractivity contribution in [2.45, 2.75) is 19.5 Å². The molecule has 0 aliphatic rings. The van der Waals surface area contributed by atoms with E-state index in [-0.39, 0.29) is 17.6 Å². The van der Waals surface area contributed by atoms with Crippen LogP contribution in [0.1, 0.15) is 27.2 Å². The van der Waals surface area contributed by atoms with Crippen molar-refractivity contribution in [3.8, 4) is 5.75 Å². The Balaban J connectivity index is 2.16. The number of hydrogen-bond acceptors (Lipinski definition) is 5. The third-order valence-electron chi connectivity index (χ3n) is 4.89. The van der Waals surface area contributed by atoms with Crippen LogP contribution in [0.4, 0.5) is 13.2 Å². The van der Waals surface area contributed by atoms with Crippen LogP contribution in [-0.4, -0.2) is 41.2 Å². The maximum Gasteiger partial charge on any atom is 0.417 e. The van der Waals surface area contributed by atoms with Crippen LogP contribution in [0.2, 0.25) is 0 Å². The summed E-state index contributed by atoms with van der Waals surface area (Å²) in [5.41, 5.74) is -0.820. The standard InChI is InChI=1S/C22H18F3NO6/c1-12-15(10-20(29)32-11-19(27)28)16-9-13(31-2)7-8-18(16)26(12)21(30)14-5-3-4-6-17(14)22(23,24)25/h3-9H,10-11H2,1-2H3,(H,27,28). The number of alkyl halides is 3. The minimum absolute atomic E-state index is 0.225. The maximum atomic E-state index is 13.5. The quantitative estimate of drug-likeness (QED) is 0.575. The Morgan fingerprint density at radius 1 is 1.09 bits per heavy atom. The molecule has 0 saturated carbocycles. The Kier molecular flexibility index (Phi) is 6.24. The third kappa shape index (κ3) is 4.43. The van der Waals surface area contributed by atoms with Gasteiger partial charge in [-0.3, -0.25) is 14.2 Å². The van der Waals surface area contributed by atoms with Gasteiger partial charge in [-0.05, 0) is 42.8 Å². The molecule has 0 bridgehead atoms. The van der Waals surface area contributed by atoms with Crippen molar-refractivity contribution >= 4 is 28.7 Å². The van der Waals surface area contributed by atoms with Gasteiger partial charge in [0.15, 0.2) is 6.61 Å². The minimum Gasteiger partial charge on any atom is -0.497 e. The summed E-state index contributed by atoms with van der Waals surface area (Å²) in [7, 11) is 1.41. The molecular weight excluding hydrogens is 431 g/mol. The summed E-state index contributed by atoms with van der Waals surface area (Å²) in [5, 5.41) is 9.08. The molecule has 0 amide bonds. The Hall–Kier alpha value is -3.82. The molecule has 0 spiro atoms. The number of benzene rings is 2. The van der Waals surface area contributed by atoms with Crippen molar-refractivity contribution in [2.24, 2.45) is 0 Å². The summed E-state index contributed by atoms with van der Waals surface area (Å²) in [6, 6.07) is 9.00. The summed E-state index contributed by atoms with van der Waals surface area (Å²) in [5.74, 6) is -2.72. The highest BCUT2D eigenvalue weighted by molar-refractivity contribution is 6.05. The molecule has 0 saturated heterocycles. The lowest BCUT2D eigenvalue weighted by Crippen LogP contribution is -2.20. The smallest absolute Gasteiger partial charge is 0.417 e. The van der Waals surface area contributed by atoms with E-state index in [4.69, 9.17) is 9.84 Å². The monoisotopic (exact) mass is 449 g/mol. The Labute approximate surface area is 180 Å². The van der Waals surface area contributed by atoms with Crippen LogP contribution in [0.5, 0.6) is 5.75 Å². The van der Waals surface area contributed by atoms with Gasteiger partial charge in [0.1, 0.15) is 5.75 Å². The molecule has 0 unspecified atom stereocenters. The molecule has 1 heterocycles. The summed E-state index contributed by atoms with van der Waals surface area (Å²) in [4.78, 5) is 36.0. The van der Waals surface area contributed by atoms with Gasteiger partial charge in [0, 0.05) is 11.1 Å². The fourth-order valence-electron chi connectivity index (χ4n) is 3.45. The van der Waals surface area contributed by atoms with Gasteiger partial charge in [0.2, 0.25) is 0 Å². The number of aromatic nitrogens is 1. The fourth-order valence-corrected chi connectivity index (χ4v) is 3.45. The van der Waals surface area contributed by atoms with Crippen LogP contribution in [0, 0.1) is 6.92 Å². The molecule has 0 aliphatic heterocycles. The van der Waals surface area contributed by atoms with Crippen molar-refractivity contribution in [1.82, 2.24) is 4.57 Å². The molecule has 0 atom stereocenters. The molecule has 2 aromatic carbocycles. The highest BCUT2D eigenvalue weighted by Gasteiger charge is 2.36. The number of carbonyl (C=O) groups excluding carboxylic acids is 2. The van der Waals surface area contributed by atoms with E-state index < -0.39 is 41.8 Å². The number of methoxy groups -OCH3 is 1. The number of fused-ring (bicyclic) bond motifs is 1. The summed E-state index contributed by atoms with van der Waals surface area (Å²) < 4.78 is 51.4. The highest BCUT2D eigenvalue weighted by atomic mass is 19.4. The van der Waals surface area contributed by atoms with Gasteiger partial charge in [0.05, 0.1) is 30.2 Å². The van der Waals surface area contributed by atoms with Crippen LogP contribution < -0.4 is 4.74 Å². The van der Waals surface area contributed by atoms with E-state index in [0.29, 0.717) is 16.7 Å². The second-order valence-electron chi connectivity index (χ2n) is 6.86. The van der Waals surface area contributed by atoms with Crippen molar-refractivity contribution < 1.29 is 42.1 Å². The lowest BCUT2D eigenvalue weighted by atomic mass is 10.1. The SMILES string of the molecule is COc1ccc2c(c1)c(CC(=O)OCC(=O)O)c(C)n2C(=O)c1ccccc1C(F)(F)F. The van der Waals surface area contributed by atoms with Gasteiger partial charge in [-0.2, -0.15) is 13.2 Å². The molecule has 10 heteroatoms. The first-order valence-corrected chi connectivity index (χ1v) is 9.30. The van der Waals surface area contributed by atoms with Crippen molar-refractivity contribution in [3.05, 3.63) is 64.8 Å². The number of carboxylic acid groups (broad SMARTS) is 1. The summed E-state index contributed by atoms with van der Waals surface area (Å²) in [6.45, 7) is 0.651.